The molecule has 0 saturated carbocycles. The molecule has 0 radical (unpaired) electrons. The van der Waals surface area contributed by atoms with Gasteiger partial charge in [0.1, 0.15) is 0 Å². The average Bonchev–Trinajstić information content (AvgIpc) is 2.49. The van der Waals surface area contributed by atoms with Crippen LogP contribution in [-0.2, 0) is 4.79 Å². The summed E-state index contributed by atoms with van der Waals surface area (Å²) in [7, 11) is 3.02. The fourth-order valence-electron chi connectivity index (χ4n) is 1.64. The van der Waals surface area contributed by atoms with Gasteiger partial charge in [0.15, 0.2) is 11.5 Å². The number of carbonyl (C=O) groups is 1. The number of ether oxygens (including phenoxy) is 3. The van der Waals surface area contributed by atoms with Crippen LogP contribution in [-0.4, -0.2) is 31.9 Å². The minimum absolute atomic E-state index is 0.415. The molecule has 1 aromatic rings. The van der Waals surface area contributed by atoms with Crippen molar-refractivity contribution in [1.29, 1.82) is 0 Å². The van der Waals surface area contributed by atoms with E-state index in [1.807, 2.05) is 0 Å². The van der Waals surface area contributed by atoms with E-state index in [0.717, 1.165) is 6.08 Å². The van der Waals surface area contributed by atoms with Crippen LogP contribution in [0, 0.1) is 11.8 Å². The largest absolute Gasteiger partial charge is 0.493 e. The zero-order chi connectivity index (χ0) is 15.7. The van der Waals surface area contributed by atoms with Gasteiger partial charge in [-0.05, 0) is 30.7 Å². The molecule has 1 aromatic carbocycles. The molecule has 0 aliphatic heterocycles. The first-order valence-electron chi connectivity index (χ1n) is 6.31. The molecule has 0 atom stereocenters. The van der Waals surface area contributed by atoms with Crippen LogP contribution in [0.2, 0.25) is 0 Å². The number of hydrogen-bond donors (Lipinski definition) is 1. The standard InChI is InChI=1S/C16H18O5/c1-4-5-6-9-21-16-13(19-2)10-12(7-8-15(17)18)11-14(16)20-3/h7-8,10-11H,6,9H2,1-3H3,(H,17,18)/b8-7+. The maximum absolute atomic E-state index is 10.6. The van der Waals surface area contributed by atoms with E-state index in [2.05, 4.69) is 11.8 Å². The SMILES string of the molecule is CC#CCCOc1c(OC)cc(/C=C/C(=O)O)cc1OC. The molecule has 0 fully saturated rings. The second-order valence-corrected chi connectivity index (χ2v) is 3.95. The third-order valence-electron chi connectivity index (χ3n) is 2.55. The average molecular weight is 290 g/mol. The van der Waals surface area contributed by atoms with E-state index in [4.69, 9.17) is 19.3 Å². The quantitative estimate of drug-likeness (QED) is 0.475. The summed E-state index contributed by atoms with van der Waals surface area (Å²) in [6, 6.07) is 3.37. The highest BCUT2D eigenvalue weighted by molar-refractivity contribution is 5.85. The van der Waals surface area contributed by atoms with Crippen molar-refractivity contribution >= 4 is 12.0 Å². The van der Waals surface area contributed by atoms with Crippen molar-refractivity contribution < 1.29 is 24.1 Å². The van der Waals surface area contributed by atoms with Crippen LogP contribution in [0.15, 0.2) is 18.2 Å². The Bertz CT molecular complexity index is 553. The zero-order valence-corrected chi connectivity index (χ0v) is 12.3. The van der Waals surface area contributed by atoms with Crippen molar-refractivity contribution in [2.24, 2.45) is 0 Å². The van der Waals surface area contributed by atoms with E-state index < -0.39 is 5.97 Å². The van der Waals surface area contributed by atoms with Crippen molar-refractivity contribution in [3.63, 3.8) is 0 Å². The molecule has 0 amide bonds. The Morgan fingerprint density at radius 1 is 1.29 bits per heavy atom. The minimum atomic E-state index is -1.02. The van der Waals surface area contributed by atoms with Crippen LogP contribution in [0.5, 0.6) is 17.2 Å². The normalized spacial score (nSPS) is 9.86. The van der Waals surface area contributed by atoms with Crippen LogP contribution in [0.1, 0.15) is 18.9 Å². The number of carboxylic acids is 1. The number of benzene rings is 1. The molecule has 0 bridgehead atoms. The maximum Gasteiger partial charge on any atom is 0.328 e. The number of aliphatic carboxylic acids is 1. The first-order valence-corrected chi connectivity index (χ1v) is 6.31. The number of carboxylic acid groups (broad SMARTS) is 1. The predicted molar refractivity (Wildman–Crippen MR) is 79.8 cm³/mol. The monoisotopic (exact) mass is 290 g/mol. The highest BCUT2D eigenvalue weighted by Crippen LogP contribution is 2.39. The molecule has 1 N–H and O–H groups in total. The smallest absolute Gasteiger partial charge is 0.328 e. The van der Waals surface area contributed by atoms with E-state index in [1.54, 1.807) is 19.1 Å². The summed E-state index contributed by atoms with van der Waals surface area (Å²) in [4.78, 5) is 10.6. The molecule has 5 heteroatoms. The van der Waals surface area contributed by atoms with E-state index in [0.29, 0.717) is 35.8 Å². The van der Waals surface area contributed by atoms with Crippen LogP contribution < -0.4 is 14.2 Å². The van der Waals surface area contributed by atoms with Crippen LogP contribution in [0.25, 0.3) is 6.08 Å². The highest BCUT2D eigenvalue weighted by atomic mass is 16.5. The molecule has 0 heterocycles. The fraction of sp³-hybridized carbons (Fsp3) is 0.312. The Morgan fingerprint density at radius 3 is 2.38 bits per heavy atom. The van der Waals surface area contributed by atoms with Crippen LogP contribution in [0.4, 0.5) is 0 Å². The van der Waals surface area contributed by atoms with Crippen molar-refractivity contribution in [1.82, 2.24) is 0 Å². The van der Waals surface area contributed by atoms with Gasteiger partial charge in [-0.3, -0.25) is 0 Å². The Kier molecular flexibility index (Phi) is 6.69. The second-order valence-electron chi connectivity index (χ2n) is 3.95. The Hall–Kier alpha value is -2.61. The minimum Gasteiger partial charge on any atom is -0.493 e. The second kappa shape index (κ2) is 8.54. The van der Waals surface area contributed by atoms with E-state index in [9.17, 15) is 4.79 Å². The maximum atomic E-state index is 10.6. The number of hydrogen-bond acceptors (Lipinski definition) is 4. The van der Waals surface area contributed by atoms with Gasteiger partial charge in [0.25, 0.3) is 0 Å². The number of methoxy groups -OCH3 is 2. The van der Waals surface area contributed by atoms with Gasteiger partial charge in [-0.25, -0.2) is 4.79 Å². The lowest BCUT2D eigenvalue weighted by molar-refractivity contribution is -0.131. The third kappa shape index (κ3) is 5.11. The van der Waals surface area contributed by atoms with Crippen LogP contribution in [0.3, 0.4) is 0 Å². The summed E-state index contributed by atoms with van der Waals surface area (Å²) in [6.07, 6.45) is 3.11. The molecule has 112 valence electrons. The first kappa shape index (κ1) is 16.4. The zero-order valence-electron chi connectivity index (χ0n) is 12.3. The molecule has 5 nitrogen and oxygen atoms in total. The van der Waals surface area contributed by atoms with Crippen molar-refractivity contribution in [3.8, 4) is 29.1 Å². The topological polar surface area (TPSA) is 65.0 Å². The summed E-state index contributed by atoms with van der Waals surface area (Å²) in [5.74, 6) is 6.10. The Morgan fingerprint density at radius 2 is 1.90 bits per heavy atom. The molecule has 21 heavy (non-hydrogen) atoms. The summed E-state index contributed by atoms with van der Waals surface area (Å²) in [5, 5.41) is 8.66. The van der Waals surface area contributed by atoms with Gasteiger partial charge >= 0.3 is 5.97 Å². The fourth-order valence-corrected chi connectivity index (χ4v) is 1.64. The van der Waals surface area contributed by atoms with Gasteiger partial charge in [0.2, 0.25) is 5.75 Å². The lowest BCUT2D eigenvalue weighted by atomic mass is 10.1. The van der Waals surface area contributed by atoms with Crippen molar-refractivity contribution in [2.75, 3.05) is 20.8 Å². The molecule has 0 aliphatic rings. The van der Waals surface area contributed by atoms with Gasteiger partial charge < -0.3 is 19.3 Å². The molecular formula is C16H18O5. The lowest BCUT2D eigenvalue weighted by Crippen LogP contribution is -2.01. The summed E-state index contributed by atoms with van der Waals surface area (Å²) >= 11 is 0. The van der Waals surface area contributed by atoms with E-state index >= 15 is 0 Å². The number of rotatable bonds is 7. The summed E-state index contributed by atoms with van der Waals surface area (Å²) < 4.78 is 16.2. The lowest BCUT2D eigenvalue weighted by Gasteiger charge is -2.14. The van der Waals surface area contributed by atoms with Crippen LogP contribution >= 0.6 is 0 Å². The molecule has 0 aliphatic carbocycles. The predicted octanol–water partition coefficient (Wildman–Crippen LogP) is 2.59. The first-order chi connectivity index (χ1) is 10.1. The van der Waals surface area contributed by atoms with Gasteiger partial charge in [-0.15, -0.1) is 11.8 Å². The summed E-state index contributed by atoms with van der Waals surface area (Å²) in [6.45, 7) is 2.18. The Labute approximate surface area is 124 Å². The van der Waals surface area contributed by atoms with Gasteiger partial charge in [0.05, 0.1) is 20.8 Å². The molecule has 0 aromatic heterocycles. The highest BCUT2D eigenvalue weighted by Gasteiger charge is 2.13. The van der Waals surface area contributed by atoms with Crippen molar-refractivity contribution in [2.45, 2.75) is 13.3 Å². The van der Waals surface area contributed by atoms with E-state index in [-0.39, 0.29) is 0 Å². The van der Waals surface area contributed by atoms with Gasteiger partial charge in [-0.2, -0.15) is 0 Å². The van der Waals surface area contributed by atoms with Crippen molar-refractivity contribution in [3.05, 3.63) is 23.8 Å². The molecule has 0 spiro atoms. The molecule has 1 rings (SSSR count). The third-order valence-corrected chi connectivity index (χ3v) is 2.55. The van der Waals surface area contributed by atoms with Gasteiger partial charge in [0, 0.05) is 12.5 Å². The summed E-state index contributed by atoms with van der Waals surface area (Å²) in [5.41, 5.74) is 0.645. The molecular weight excluding hydrogens is 272 g/mol. The molecule has 0 unspecified atom stereocenters. The molecule has 0 saturated heterocycles. The van der Waals surface area contributed by atoms with Gasteiger partial charge in [-0.1, -0.05) is 0 Å². The van der Waals surface area contributed by atoms with E-state index in [1.165, 1.54) is 20.3 Å². The Balaban J connectivity index is 3.05.